The number of rotatable bonds is 7. The number of nitrogens with zero attached hydrogens (tertiary/aromatic N) is 1. The van der Waals surface area contributed by atoms with E-state index in [4.69, 9.17) is 30.8 Å². The maximum Gasteiger partial charge on any atom is 0.260 e. The van der Waals surface area contributed by atoms with Crippen LogP contribution in [-0.4, -0.2) is 30.3 Å². The second-order valence-electron chi connectivity index (χ2n) is 8.26. The Bertz CT molecular complexity index is 1410. The molecule has 0 unspecified atom stereocenters. The Kier molecular flexibility index (Phi) is 6.48. The van der Waals surface area contributed by atoms with Crippen LogP contribution in [-0.2, 0) is 12.8 Å². The second kappa shape index (κ2) is 9.68. The molecule has 0 aliphatic heterocycles. The van der Waals surface area contributed by atoms with Gasteiger partial charge in [0.2, 0.25) is 0 Å². The molecule has 2 heterocycles. The average Bonchev–Trinajstić information content (AvgIpc) is 3.22. The number of H-pyrrole nitrogens is 1. The van der Waals surface area contributed by atoms with Gasteiger partial charge in [0.25, 0.3) is 5.56 Å². The van der Waals surface area contributed by atoms with Gasteiger partial charge >= 0.3 is 0 Å². The Morgan fingerprint density at radius 1 is 1.09 bits per heavy atom. The number of halogens is 1. The predicted molar refractivity (Wildman–Crippen MR) is 136 cm³/mol. The molecule has 2 aromatic heterocycles. The third kappa shape index (κ3) is 4.38. The van der Waals surface area contributed by atoms with Crippen molar-refractivity contribution in [3.8, 4) is 28.6 Å². The lowest BCUT2D eigenvalue weighted by Crippen LogP contribution is -2.12. The van der Waals surface area contributed by atoms with Crippen LogP contribution in [0.2, 0.25) is 5.02 Å². The van der Waals surface area contributed by atoms with E-state index < -0.39 is 0 Å². The number of aromatic amines is 1. The lowest BCUT2D eigenvalue weighted by Gasteiger charge is -2.15. The number of benzene rings is 2. The van der Waals surface area contributed by atoms with Crippen molar-refractivity contribution in [2.45, 2.75) is 32.6 Å². The third-order valence-corrected chi connectivity index (χ3v) is 7.48. The van der Waals surface area contributed by atoms with Gasteiger partial charge < -0.3 is 19.2 Å². The largest absolute Gasteiger partial charge is 0.493 e. The molecular formula is C26H25ClN2O4S. The third-order valence-electron chi connectivity index (χ3n) is 6.01. The highest BCUT2D eigenvalue weighted by molar-refractivity contribution is 7.18. The molecule has 0 bridgehead atoms. The molecule has 1 N–H and O–H groups in total. The van der Waals surface area contributed by atoms with E-state index in [0.717, 1.165) is 47.2 Å². The summed E-state index contributed by atoms with van der Waals surface area (Å²) in [4.78, 5) is 22.7. The molecule has 1 aliphatic carbocycles. The van der Waals surface area contributed by atoms with Crippen LogP contribution >= 0.6 is 22.9 Å². The topological polar surface area (TPSA) is 73.4 Å². The van der Waals surface area contributed by atoms with Crippen molar-refractivity contribution >= 4 is 33.2 Å². The van der Waals surface area contributed by atoms with Crippen molar-refractivity contribution in [2.24, 2.45) is 0 Å². The van der Waals surface area contributed by atoms with E-state index in [2.05, 4.69) is 4.98 Å². The number of aryl methyl sites for hydroxylation is 3. The van der Waals surface area contributed by atoms with Crippen molar-refractivity contribution in [3.63, 3.8) is 0 Å². The summed E-state index contributed by atoms with van der Waals surface area (Å²) in [5, 5.41) is 1.11. The first-order valence-corrected chi connectivity index (χ1v) is 12.5. The quantitative estimate of drug-likeness (QED) is 0.320. The molecule has 34 heavy (non-hydrogen) atoms. The van der Waals surface area contributed by atoms with E-state index in [-0.39, 0.29) is 5.56 Å². The number of para-hydroxylation sites is 1. The highest BCUT2D eigenvalue weighted by Crippen LogP contribution is 2.40. The van der Waals surface area contributed by atoms with Gasteiger partial charge in [-0.25, -0.2) is 4.98 Å². The first-order valence-electron chi connectivity index (χ1n) is 11.3. The molecule has 176 valence electrons. The summed E-state index contributed by atoms with van der Waals surface area (Å²) < 4.78 is 17.2. The lowest BCUT2D eigenvalue weighted by atomic mass is 9.97. The van der Waals surface area contributed by atoms with Crippen molar-refractivity contribution < 1.29 is 14.2 Å². The van der Waals surface area contributed by atoms with Crippen LogP contribution in [0.5, 0.6) is 17.2 Å². The zero-order valence-electron chi connectivity index (χ0n) is 19.1. The number of ether oxygens (including phenoxy) is 3. The average molecular weight is 497 g/mol. The number of fused-ring (bicyclic) bond motifs is 3. The summed E-state index contributed by atoms with van der Waals surface area (Å²) >= 11 is 8.18. The van der Waals surface area contributed by atoms with Crippen LogP contribution in [0.3, 0.4) is 0 Å². The molecule has 1 aliphatic rings. The van der Waals surface area contributed by atoms with Gasteiger partial charge in [-0.2, -0.15) is 0 Å². The van der Waals surface area contributed by atoms with Gasteiger partial charge in [0, 0.05) is 10.4 Å². The molecule has 0 radical (unpaired) electrons. The zero-order valence-corrected chi connectivity index (χ0v) is 20.6. The Labute approximate surface area is 206 Å². The molecule has 0 atom stereocenters. The smallest absolute Gasteiger partial charge is 0.260 e. The maximum atomic E-state index is 12.9. The van der Waals surface area contributed by atoms with Gasteiger partial charge in [-0.1, -0.05) is 29.8 Å². The molecule has 0 saturated carbocycles. The van der Waals surface area contributed by atoms with Crippen LogP contribution in [0.1, 0.15) is 28.8 Å². The maximum absolute atomic E-state index is 12.9. The second-order valence-corrected chi connectivity index (χ2v) is 9.75. The van der Waals surface area contributed by atoms with Crippen molar-refractivity contribution in [1.82, 2.24) is 9.97 Å². The van der Waals surface area contributed by atoms with Crippen LogP contribution in [0.4, 0.5) is 0 Å². The van der Waals surface area contributed by atoms with Crippen molar-refractivity contribution in [2.75, 3.05) is 20.3 Å². The normalized spacial score (nSPS) is 13.0. The van der Waals surface area contributed by atoms with Gasteiger partial charge in [0.1, 0.15) is 29.6 Å². The Morgan fingerprint density at radius 3 is 2.71 bits per heavy atom. The van der Waals surface area contributed by atoms with E-state index in [1.54, 1.807) is 30.6 Å². The monoisotopic (exact) mass is 496 g/mol. The number of methoxy groups -OCH3 is 1. The fourth-order valence-electron chi connectivity index (χ4n) is 4.31. The van der Waals surface area contributed by atoms with Gasteiger partial charge in [0.05, 0.1) is 17.5 Å². The number of hydrogen-bond acceptors (Lipinski definition) is 6. The first-order chi connectivity index (χ1) is 16.5. The highest BCUT2D eigenvalue weighted by atomic mass is 35.5. The van der Waals surface area contributed by atoms with E-state index in [1.807, 2.05) is 31.2 Å². The van der Waals surface area contributed by atoms with Gasteiger partial charge in [-0.05, 0) is 61.9 Å². The molecular weight excluding hydrogens is 472 g/mol. The number of nitrogens with one attached hydrogen (secondary N) is 1. The van der Waals surface area contributed by atoms with Crippen LogP contribution in [0, 0.1) is 6.92 Å². The summed E-state index contributed by atoms with van der Waals surface area (Å²) in [6.07, 6.45) is 4.24. The van der Waals surface area contributed by atoms with Crippen molar-refractivity contribution in [3.05, 3.63) is 67.8 Å². The minimum Gasteiger partial charge on any atom is -0.493 e. The molecule has 5 rings (SSSR count). The van der Waals surface area contributed by atoms with Crippen LogP contribution in [0.15, 0.2) is 41.2 Å². The standard InChI is InChI=1S/C26H25ClN2O4S/c1-15-7-3-5-9-19(15)32-11-12-33-23-18(27)13-16(14-20(23)31-2)24-28-25(30)22-17-8-4-6-10-21(17)34-26(22)29-24/h3,5,7,9,13-14H,4,6,8,10-12H2,1-2H3,(H,28,29,30). The molecule has 2 aromatic carbocycles. The first kappa shape index (κ1) is 22.7. The highest BCUT2D eigenvalue weighted by Gasteiger charge is 2.21. The van der Waals surface area contributed by atoms with Gasteiger partial charge in [-0.15, -0.1) is 11.3 Å². The summed E-state index contributed by atoms with van der Waals surface area (Å²) in [5.74, 6) is 2.17. The van der Waals surface area contributed by atoms with E-state index in [9.17, 15) is 4.79 Å². The Hall–Kier alpha value is -3.03. The minimum absolute atomic E-state index is 0.108. The zero-order chi connectivity index (χ0) is 23.7. The SMILES string of the molecule is COc1cc(-c2nc3sc4c(c3c(=O)[nH]2)CCCC4)cc(Cl)c1OCCOc1ccccc1C. The van der Waals surface area contributed by atoms with Crippen LogP contribution in [0.25, 0.3) is 21.6 Å². The van der Waals surface area contributed by atoms with Crippen molar-refractivity contribution in [1.29, 1.82) is 0 Å². The molecule has 0 amide bonds. The van der Waals surface area contributed by atoms with E-state index >= 15 is 0 Å². The Morgan fingerprint density at radius 2 is 1.88 bits per heavy atom. The number of hydrogen-bond donors (Lipinski definition) is 1. The minimum atomic E-state index is -0.108. The lowest BCUT2D eigenvalue weighted by molar-refractivity contribution is 0.210. The molecule has 0 spiro atoms. The number of aromatic nitrogens is 2. The molecule has 0 saturated heterocycles. The predicted octanol–water partition coefficient (Wildman–Crippen LogP) is 5.96. The molecule has 0 fully saturated rings. The fraction of sp³-hybridized carbons (Fsp3) is 0.308. The van der Waals surface area contributed by atoms with Gasteiger partial charge in [0.15, 0.2) is 11.5 Å². The summed E-state index contributed by atoms with van der Waals surface area (Å²) in [7, 11) is 1.55. The summed E-state index contributed by atoms with van der Waals surface area (Å²) in [6, 6.07) is 11.3. The van der Waals surface area contributed by atoms with Gasteiger partial charge in [-0.3, -0.25) is 4.79 Å². The molecule has 8 heteroatoms. The fourth-order valence-corrected chi connectivity index (χ4v) is 5.84. The van der Waals surface area contributed by atoms with E-state index in [1.165, 1.54) is 10.4 Å². The molecule has 4 aromatic rings. The summed E-state index contributed by atoms with van der Waals surface area (Å²) in [6.45, 7) is 2.65. The van der Waals surface area contributed by atoms with Crippen LogP contribution < -0.4 is 19.8 Å². The molecule has 6 nitrogen and oxygen atoms in total. The van der Waals surface area contributed by atoms with E-state index in [0.29, 0.717) is 41.1 Å². The number of thiophene rings is 1. The summed E-state index contributed by atoms with van der Waals surface area (Å²) in [5.41, 5.74) is 2.78. The Balaban J connectivity index is 1.38.